The molecule has 6 nitrogen and oxygen atoms in total. The summed E-state index contributed by atoms with van der Waals surface area (Å²) in [6.07, 6.45) is 4.24. The molecule has 0 radical (unpaired) electrons. The van der Waals surface area contributed by atoms with Crippen LogP contribution in [0.25, 0.3) is 0 Å². The number of nitrogens with one attached hydrogen (secondary N) is 2. The van der Waals surface area contributed by atoms with Crippen molar-refractivity contribution in [3.05, 3.63) is 57.5 Å². The van der Waals surface area contributed by atoms with Gasteiger partial charge in [0.15, 0.2) is 11.5 Å². The maximum Gasteiger partial charge on any atom is 0.260 e. The van der Waals surface area contributed by atoms with Gasteiger partial charge in [-0.15, -0.1) is 0 Å². The van der Waals surface area contributed by atoms with Crippen molar-refractivity contribution < 1.29 is 14.3 Å². The van der Waals surface area contributed by atoms with E-state index in [1.807, 2.05) is 12.1 Å². The fourth-order valence-electron chi connectivity index (χ4n) is 4.09. The molecule has 1 aliphatic carbocycles. The average Bonchev–Trinajstić information content (AvgIpc) is 3.16. The van der Waals surface area contributed by atoms with Crippen molar-refractivity contribution in [2.24, 2.45) is 0 Å². The first kappa shape index (κ1) is 17.6. The van der Waals surface area contributed by atoms with Crippen LogP contribution in [0, 0.1) is 6.92 Å². The highest BCUT2D eigenvalue weighted by Gasteiger charge is 2.37. The molecular weight excluding hydrogens is 344 g/mol. The quantitative estimate of drug-likeness (QED) is 0.870. The third-order valence-electron chi connectivity index (χ3n) is 5.60. The van der Waals surface area contributed by atoms with Gasteiger partial charge in [-0.2, -0.15) is 0 Å². The molecule has 0 unspecified atom stereocenters. The number of aromatic nitrogens is 1. The number of ether oxygens (including phenoxy) is 2. The molecule has 2 N–H and O–H groups in total. The van der Waals surface area contributed by atoms with Crippen molar-refractivity contribution in [3.8, 4) is 11.5 Å². The molecule has 0 bridgehead atoms. The molecule has 2 heterocycles. The summed E-state index contributed by atoms with van der Waals surface area (Å²) in [5.74, 6) is 1.21. The maximum atomic E-state index is 12.6. The first-order valence-corrected chi connectivity index (χ1v) is 9.46. The molecule has 4 rings (SSSR count). The van der Waals surface area contributed by atoms with Gasteiger partial charge in [0.1, 0.15) is 18.8 Å². The molecule has 1 aromatic heterocycles. The van der Waals surface area contributed by atoms with Crippen molar-refractivity contribution in [2.75, 3.05) is 19.8 Å². The molecule has 2 aliphatic rings. The van der Waals surface area contributed by atoms with Gasteiger partial charge in [0.25, 0.3) is 11.5 Å². The minimum atomic E-state index is -0.354. The monoisotopic (exact) mass is 368 g/mol. The maximum absolute atomic E-state index is 12.6. The second-order valence-electron chi connectivity index (χ2n) is 7.41. The van der Waals surface area contributed by atoms with Crippen LogP contribution in [0.3, 0.4) is 0 Å². The highest BCUT2D eigenvalue weighted by Crippen LogP contribution is 2.43. The Hall–Kier alpha value is -2.76. The van der Waals surface area contributed by atoms with Crippen LogP contribution in [0.1, 0.15) is 47.3 Å². The predicted molar refractivity (Wildman–Crippen MR) is 102 cm³/mol. The summed E-state index contributed by atoms with van der Waals surface area (Å²) in [5.41, 5.74) is 1.55. The zero-order valence-corrected chi connectivity index (χ0v) is 15.5. The molecule has 0 atom stereocenters. The zero-order chi connectivity index (χ0) is 18.9. The van der Waals surface area contributed by atoms with Gasteiger partial charge in [0.2, 0.25) is 0 Å². The lowest BCUT2D eigenvalue weighted by Gasteiger charge is -2.31. The Bertz CT molecular complexity index is 913. The van der Waals surface area contributed by atoms with E-state index in [-0.39, 0.29) is 22.4 Å². The van der Waals surface area contributed by atoms with Gasteiger partial charge in [-0.1, -0.05) is 18.9 Å². The van der Waals surface area contributed by atoms with Crippen molar-refractivity contribution >= 4 is 5.91 Å². The average molecular weight is 368 g/mol. The number of carbonyl (C=O) groups excluding carboxylic acids is 1. The van der Waals surface area contributed by atoms with Gasteiger partial charge >= 0.3 is 0 Å². The van der Waals surface area contributed by atoms with Gasteiger partial charge < -0.3 is 19.8 Å². The predicted octanol–water partition coefficient (Wildman–Crippen LogP) is 2.70. The van der Waals surface area contributed by atoms with Crippen LogP contribution in [-0.2, 0) is 5.41 Å². The lowest BCUT2D eigenvalue weighted by Crippen LogP contribution is -2.40. The topological polar surface area (TPSA) is 80.4 Å². The van der Waals surface area contributed by atoms with E-state index in [1.54, 1.807) is 19.1 Å². The lowest BCUT2D eigenvalue weighted by molar-refractivity contribution is 0.0941. The Morgan fingerprint density at radius 1 is 1.11 bits per heavy atom. The van der Waals surface area contributed by atoms with E-state index in [1.165, 1.54) is 0 Å². The standard InChI is InChI=1S/C21H24N2O4/c1-14-4-6-16(20(25)23-14)19(24)22-13-21(8-2-3-9-21)15-5-7-17-18(12-15)27-11-10-26-17/h4-7,12H,2-3,8-11,13H2,1H3,(H,22,24)(H,23,25). The van der Waals surface area contributed by atoms with E-state index < -0.39 is 0 Å². The van der Waals surface area contributed by atoms with Gasteiger partial charge in [0.05, 0.1) is 0 Å². The van der Waals surface area contributed by atoms with E-state index >= 15 is 0 Å². The Morgan fingerprint density at radius 3 is 2.59 bits per heavy atom. The minimum absolute atomic E-state index is 0.136. The molecule has 0 saturated heterocycles. The van der Waals surface area contributed by atoms with Crippen LogP contribution >= 0.6 is 0 Å². The Balaban J connectivity index is 1.56. The van der Waals surface area contributed by atoms with Crippen LogP contribution < -0.4 is 20.3 Å². The van der Waals surface area contributed by atoms with Gasteiger partial charge in [-0.05, 0) is 49.6 Å². The van der Waals surface area contributed by atoms with Crippen LogP contribution in [0.15, 0.2) is 35.1 Å². The number of fused-ring (bicyclic) bond motifs is 1. The number of benzene rings is 1. The molecule has 1 aromatic carbocycles. The Morgan fingerprint density at radius 2 is 1.85 bits per heavy atom. The van der Waals surface area contributed by atoms with Crippen molar-refractivity contribution in [2.45, 2.75) is 38.0 Å². The van der Waals surface area contributed by atoms with Crippen LogP contribution in [-0.4, -0.2) is 30.6 Å². The molecule has 6 heteroatoms. The van der Waals surface area contributed by atoms with Crippen LogP contribution in [0.2, 0.25) is 0 Å². The van der Waals surface area contributed by atoms with E-state index in [0.717, 1.165) is 48.4 Å². The van der Waals surface area contributed by atoms with E-state index in [9.17, 15) is 9.59 Å². The Kier molecular flexibility index (Phi) is 4.64. The minimum Gasteiger partial charge on any atom is -0.486 e. The number of aryl methyl sites for hydroxylation is 1. The first-order chi connectivity index (χ1) is 13.1. The second-order valence-corrected chi connectivity index (χ2v) is 7.41. The summed E-state index contributed by atoms with van der Waals surface area (Å²) in [7, 11) is 0. The number of amides is 1. The summed E-state index contributed by atoms with van der Waals surface area (Å²) in [6.45, 7) is 3.41. The molecular formula is C21H24N2O4. The number of pyridine rings is 1. The normalized spacial score (nSPS) is 17.5. The number of hydrogen-bond acceptors (Lipinski definition) is 4. The van der Waals surface area contributed by atoms with Gasteiger partial charge in [-0.3, -0.25) is 9.59 Å². The third-order valence-corrected chi connectivity index (χ3v) is 5.60. The molecule has 2 aromatic rings. The van der Waals surface area contributed by atoms with E-state index in [0.29, 0.717) is 19.8 Å². The van der Waals surface area contributed by atoms with Gasteiger partial charge in [0, 0.05) is 17.7 Å². The van der Waals surface area contributed by atoms with E-state index in [2.05, 4.69) is 16.4 Å². The first-order valence-electron chi connectivity index (χ1n) is 9.46. The SMILES string of the molecule is Cc1ccc(C(=O)NCC2(c3ccc4c(c3)OCCO4)CCCC2)c(=O)[nH]1. The number of aromatic amines is 1. The summed E-state index contributed by atoms with van der Waals surface area (Å²) in [4.78, 5) is 27.3. The lowest BCUT2D eigenvalue weighted by atomic mass is 9.78. The van der Waals surface area contributed by atoms with Crippen LogP contribution in [0.4, 0.5) is 0 Å². The van der Waals surface area contributed by atoms with Crippen LogP contribution in [0.5, 0.6) is 11.5 Å². The summed E-state index contributed by atoms with van der Waals surface area (Å²) in [6, 6.07) is 9.39. The van der Waals surface area contributed by atoms with E-state index in [4.69, 9.17) is 9.47 Å². The highest BCUT2D eigenvalue weighted by atomic mass is 16.6. The Labute approximate surface area is 157 Å². The number of carbonyl (C=O) groups is 1. The fraction of sp³-hybridized carbons (Fsp3) is 0.429. The molecule has 1 aliphatic heterocycles. The molecule has 1 saturated carbocycles. The molecule has 142 valence electrons. The molecule has 1 amide bonds. The summed E-state index contributed by atoms with van der Waals surface area (Å²) in [5, 5.41) is 2.99. The number of H-pyrrole nitrogens is 1. The van der Waals surface area contributed by atoms with Crippen molar-refractivity contribution in [3.63, 3.8) is 0 Å². The fourth-order valence-corrected chi connectivity index (χ4v) is 4.09. The largest absolute Gasteiger partial charge is 0.486 e. The molecule has 0 spiro atoms. The summed E-state index contributed by atoms with van der Waals surface area (Å²) >= 11 is 0. The van der Waals surface area contributed by atoms with Crippen molar-refractivity contribution in [1.82, 2.24) is 10.3 Å². The summed E-state index contributed by atoms with van der Waals surface area (Å²) < 4.78 is 11.4. The molecule has 27 heavy (non-hydrogen) atoms. The second kappa shape index (κ2) is 7.10. The molecule has 1 fully saturated rings. The smallest absolute Gasteiger partial charge is 0.260 e. The van der Waals surface area contributed by atoms with Crippen molar-refractivity contribution in [1.29, 1.82) is 0 Å². The van der Waals surface area contributed by atoms with Gasteiger partial charge in [-0.25, -0.2) is 0 Å². The highest BCUT2D eigenvalue weighted by molar-refractivity contribution is 5.93. The number of hydrogen-bond donors (Lipinski definition) is 2. The number of rotatable bonds is 4. The third kappa shape index (κ3) is 3.44. The zero-order valence-electron chi connectivity index (χ0n) is 15.5.